The summed E-state index contributed by atoms with van der Waals surface area (Å²) in [5.74, 6) is -0.423. The highest BCUT2D eigenvalue weighted by Gasteiger charge is 2.41. The second kappa shape index (κ2) is 6.58. The Balaban J connectivity index is 3.27. The predicted octanol–water partition coefficient (Wildman–Crippen LogP) is 1.50. The average molecular weight is 312 g/mol. The highest BCUT2D eigenvalue weighted by atomic mass is 32.2. The lowest BCUT2D eigenvalue weighted by Crippen LogP contribution is -2.50. The molecule has 0 fully saturated rings. The molecule has 1 amide bonds. The number of hydrogen-bond acceptors (Lipinski definition) is 4. The number of para-hydroxylation sites is 1. The van der Waals surface area contributed by atoms with Gasteiger partial charge >= 0.3 is 0 Å². The first-order valence-corrected chi connectivity index (χ1v) is 8.79. The summed E-state index contributed by atoms with van der Waals surface area (Å²) in [4.78, 5) is 14.3. The van der Waals surface area contributed by atoms with Crippen molar-refractivity contribution in [2.75, 3.05) is 24.2 Å². The number of nitrogens with two attached hydrogens (primary N) is 1. The summed E-state index contributed by atoms with van der Waals surface area (Å²) in [6, 6.07) is 7.43. The van der Waals surface area contributed by atoms with E-state index in [0.29, 0.717) is 19.5 Å². The van der Waals surface area contributed by atoms with Crippen molar-refractivity contribution in [3.63, 3.8) is 0 Å². The molecule has 0 radical (unpaired) electrons. The molecule has 21 heavy (non-hydrogen) atoms. The van der Waals surface area contributed by atoms with Crippen LogP contribution in [-0.4, -0.2) is 38.4 Å². The van der Waals surface area contributed by atoms with Crippen LogP contribution >= 0.6 is 0 Å². The van der Waals surface area contributed by atoms with Gasteiger partial charge in [-0.1, -0.05) is 18.2 Å². The van der Waals surface area contributed by atoms with Gasteiger partial charge in [0.2, 0.25) is 5.91 Å². The van der Waals surface area contributed by atoms with Crippen LogP contribution in [0.1, 0.15) is 25.8 Å². The number of sulfone groups is 1. The van der Waals surface area contributed by atoms with Crippen LogP contribution in [-0.2, 0) is 14.6 Å². The van der Waals surface area contributed by atoms with Crippen molar-refractivity contribution >= 4 is 21.4 Å². The zero-order valence-corrected chi connectivity index (χ0v) is 13.9. The Morgan fingerprint density at radius 3 is 2.33 bits per heavy atom. The molecule has 0 aliphatic rings. The van der Waals surface area contributed by atoms with E-state index < -0.39 is 20.5 Å². The molecule has 0 unspecified atom stereocenters. The third-order valence-electron chi connectivity index (χ3n) is 3.68. The lowest BCUT2D eigenvalue weighted by Gasteiger charge is -2.31. The van der Waals surface area contributed by atoms with Crippen molar-refractivity contribution in [3.05, 3.63) is 29.8 Å². The number of aryl methyl sites for hydroxylation is 1. The molecule has 0 aliphatic heterocycles. The van der Waals surface area contributed by atoms with Gasteiger partial charge in [0, 0.05) is 18.5 Å². The van der Waals surface area contributed by atoms with Crippen molar-refractivity contribution in [1.82, 2.24) is 0 Å². The van der Waals surface area contributed by atoms with E-state index in [-0.39, 0.29) is 0 Å². The number of rotatable bonds is 6. The third-order valence-corrected chi connectivity index (χ3v) is 5.71. The van der Waals surface area contributed by atoms with E-state index in [1.807, 2.05) is 31.2 Å². The van der Waals surface area contributed by atoms with Crippen molar-refractivity contribution in [1.29, 1.82) is 0 Å². The maximum atomic E-state index is 12.8. The topological polar surface area (TPSA) is 80.5 Å². The maximum absolute atomic E-state index is 12.8. The molecule has 0 saturated carbocycles. The fourth-order valence-electron chi connectivity index (χ4n) is 1.93. The minimum absolute atomic E-state index is 0.402. The van der Waals surface area contributed by atoms with E-state index in [1.165, 1.54) is 18.7 Å². The molecule has 0 saturated heterocycles. The molecule has 0 spiro atoms. The Morgan fingerprint density at radius 2 is 1.86 bits per heavy atom. The number of amides is 1. The smallest absolute Gasteiger partial charge is 0.247 e. The third kappa shape index (κ3) is 3.83. The van der Waals surface area contributed by atoms with Crippen molar-refractivity contribution in [3.8, 4) is 0 Å². The number of hydrogen-bond donors (Lipinski definition) is 1. The molecule has 6 heteroatoms. The van der Waals surface area contributed by atoms with Gasteiger partial charge in [-0.2, -0.15) is 0 Å². The number of carbonyl (C=O) groups excluding carboxylic acids is 1. The normalized spacial score (nSPS) is 12.2. The molecule has 5 nitrogen and oxygen atoms in total. The van der Waals surface area contributed by atoms with E-state index in [0.717, 1.165) is 17.5 Å². The second-order valence-electron chi connectivity index (χ2n) is 5.67. The Hall–Kier alpha value is -1.40. The standard InChI is InChI=1S/C15H24N2O3S/c1-12-8-5-6-9-13(12)17(11-7-10-16)14(18)15(2,3)21(4,19)20/h5-6,8-9H,7,10-11,16H2,1-4H3. The van der Waals surface area contributed by atoms with Gasteiger partial charge in [-0.25, -0.2) is 8.42 Å². The summed E-state index contributed by atoms with van der Waals surface area (Å²) in [6.45, 7) is 5.62. The molecule has 0 bridgehead atoms. The number of carbonyl (C=O) groups is 1. The predicted molar refractivity (Wildman–Crippen MR) is 86.1 cm³/mol. The van der Waals surface area contributed by atoms with Gasteiger partial charge in [-0.05, 0) is 45.4 Å². The van der Waals surface area contributed by atoms with E-state index in [9.17, 15) is 13.2 Å². The fraction of sp³-hybridized carbons (Fsp3) is 0.533. The highest BCUT2D eigenvalue weighted by molar-refractivity contribution is 7.92. The molecule has 1 aromatic carbocycles. The zero-order chi connectivity index (χ0) is 16.3. The van der Waals surface area contributed by atoms with E-state index in [2.05, 4.69) is 0 Å². The lowest BCUT2D eigenvalue weighted by molar-refractivity contribution is -0.120. The quantitative estimate of drug-likeness (QED) is 0.863. The van der Waals surface area contributed by atoms with Crippen LogP contribution in [0.2, 0.25) is 0 Å². The first-order chi connectivity index (χ1) is 9.63. The largest absolute Gasteiger partial charge is 0.330 e. The van der Waals surface area contributed by atoms with Gasteiger partial charge in [0.15, 0.2) is 9.84 Å². The summed E-state index contributed by atoms with van der Waals surface area (Å²) < 4.78 is 22.4. The molecular formula is C15H24N2O3S. The molecule has 0 aromatic heterocycles. The van der Waals surface area contributed by atoms with Gasteiger partial charge < -0.3 is 10.6 Å². The minimum atomic E-state index is -3.51. The number of anilines is 1. The molecule has 118 valence electrons. The average Bonchev–Trinajstić information content (AvgIpc) is 2.39. The molecular weight excluding hydrogens is 288 g/mol. The summed E-state index contributed by atoms with van der Waals surface area (Å²) in [7, 11) is -3.51. The fourth-order valence-corrected chi connectivity index (χ4v) is 2.36. The summed E-state index contributed by atoms with van der Waals surface area (Å²) in [6.07, 6.45) is 1.70. The molecule has 0 aliphatic carbocycles. The van der Waals surface area contributed by atoms with Gasteiger partial charge in [0.05, 0.1) is 0 Å². The van der Waals surface area contributed by atoms with E-state index in [4.69, 9.17) is 5.73 Å². The van der Waals surface area contributed by atoms with Crippen LogP contribution in [0.15, 0.2) is 24.3 Å². The van der Waals surface area contributed by atoms with E-state index in [1.54, 1.807) is 0 Å². The Labute approximate surface area is 127 Å². The van der Waals surface area contributed by atoms with Gasteiger partial charge in [-0.15, -0.1) is 0 Å². The monoisotopic (exact) mass is 312 g/mol. The summed E-state index contributed by atoms with van der Waals surface area (Å²) in [5, 5.41) is 0. The zero-order valence-electron chi connectivity index (χ0n) is 13.1. The highest BCUT2D eigenvalue weighted by Crippen LogP contribution is 2.26. The Bertz CT molecular complexity index is 609. The summed E-state index contributed by atoms with van der Waals surface area (Å²) >= 11 is 0. The van der Waals surface area contributed by atoms with Crippen LogP contribution < -0.4 is 10.6 Å². The second-order valence-corrected chi connectivity index (χ2v) is 8.23. The molecule has 2 N–H and O–H groups in total. The van der Waals surface area contributed by atoms with Crippen LogP contribution in [0.5, 0.6) is 0 Å². The van der Waals surface area contributed by atoms with Crippen molar-refractivity contribution < 1.29 is 13.2 Å². The van der Waals surface area contributed by atoms with Crippen LogP contribution in [0.4, 0.5) is 5.69 Å². The Morgan fingerprint density at radius 1 is 1.29 bits per heavy atom. The van der Waals surface area contributed by atoms with Gasteiger partial charge in [0.25, 0.3) is 0 Å². The summed E-state index contributed by atoms with van der Waals surface area (Å²) in [5.41, 5.74) is 7.18. The minimum Gasteiger partial charge on any atom is -0.330 e. The van der Waals surface area contributed by atoms with Gasteiger partial charge in [-0.3, -0.25) is 4.79 Å². The number of benzene rings is 1. The van der Waals surface area contributed by atoms with E-state index >= 15 is 0 Å². The first kappa shape index (κ1) is 17.7. The Kier molecular flexibility index (Phi) is 5.53. The molecule has 0 heterocycles. The number of nitrogens with zero attached hydrogens (tertiary/aromatic N) is 1. The molecule has 0 atom stereocenters. The van der Waals surface area contributed by atoms with Crippen LogP contribution in [0, 0.1) is 6.92 Å². The van der Waals surface area contributed by atoms with Crippen LogP contribution in [0.25, 0.3) is 0 Å². The van der Waals surface area contributed by atoms with Gasteiger partial charge in [0.1, 0.15) is 4.75 Å². The SMILES string of the molecule is Cc1ccccc1N(CCCN)C(=O)C(C)(C)S(C)(=O)=O. The maximum Gasteiger partial charge on any atom is 0.247 e. The van der Waals surface area contributed by atoms with Crippen molar-refractivity contribution in [2.45, 2.75) is 31.9 Å². The lowest BCUT2D eigenvalue weighted by atomic mass is 10.1. The molecule has 1 rings (SSSR count). The molecule has 1 aromatic rings. The van der Waals surface area contributed by atoms with Crippen LogP contribution in [0.3, 0.4) is 0 Å². The first-order valence-electron chi connectivity index (χ1n) is 6.90. The van der Waals surface area contributed by atoms with Crippen molar-refractivity contribution in [2.24, 2.45) is 5.73 Å².